The number of amides is 1. The van der Waals surface area contributed by atoms with E-state index in [1.165, 1.54) is 4.31 Å². The highest BCUT2D eigenvalue weighted by Gasteiger charge is 2.30. The molecule has 1 aliphatic heterocycles. The van der Waals surface area contributed by atoms with Gasteiger partial charge in [-0.1, -0.05) is 26.0 Å². The van der Waals surface area contributed by atoms with Crippen molar-refractivity contribution in [2.24, 2.45) is 0 Å². The molecule has 3 rings (SSSR count). The van der Waals surface area contributed by atoms with E-state index in [2.05, 4.69) is 13.8 Å². The van der Waals surface area contributed by atoms with Crippen molar-refractivity contribution >= 4 is 34.0 Å². The Morgan fingerprint density at radius 3 is 1.96 bits per heavy atom. The van der Waals surface area contributed by atoms with Gasteiger partial charge in [0.1, 0.15) is 0 Å². The molecule has 0 aromatic heterocycles. The lowest BCUT2D eigenvalue weighted by molar-refractivity contribution is 0.0698. The highest BCUT2D eigenvalue weighted by molar-refractivity contribution is 7.89. The van der Waals surface area contributed by atoms with Gasteiger partial charge in [0.2, 0.25) is 10.0 Å². The first-order valence-electron chi connectivity index (χ1n) is 9.04. The third-order valence-electron chi connectivity index (χ3n) is 4.87. The van der Waals surface area contributed by atoms with E-state index in [0.29, 0.717) is 35.2 Å². The number of sulfonamides is 1. The molecule has 28 heavy (non-hydrogen) atoms. The van der Waals surface area contributed by atoms with Crippen LogP contribution in [0.3, 0.4) is 0 Å². The van der Waals surface area contributed by atoms with Crippen molar-refractivity contribution < 1.29 is 13.2 Å². The number of hydrogen-bond donors (Lipinski definition) is 1. The number of benzene rings is 2. The van der Waals surface area contributed by atoms with Crippen LogP contribution in [0.2, 0.25) is 0 Å². The van der Waals surface area contributed by atoms with Crippen LogP contribution < -0.4 is 5.73 Å². The minimum atomic E-state index is -3.55. The van der Waals surface area contributed by atoms with Crippen LogP contribution in [0, 0.1) is 0 Å². The van der Waals surface area contributed by atoms with Gasteiger partial charge in [0.05, 0.1) is 4.90 Å². The minimum absolute atomic E-state index is 0. The summed E-state index contributed by atoms with van der Waals surface area (Å²) in [6.45, 7) is 5.45. The molecule has 1 saturated heterocycles. The van der Waals surface area contributed by atoms with E-state index in [4.69, 9.17) is 5.73 Å². The van der Waals surface area contributed by atoms with Crippen LogP contribution in [0.4, 0.5) is 5.69 Å². The van der Waals surface area contributed by atoms with Gasteiger partial charge in [-0.15, -0.1) is 12.4 Å². The molecule has 0 atom stereocenters. The molecule has 2 aromatic rings. The van der Waals surface area contributed by atoms with Gasteiger partial charge >= 0.3 is 0 Å². The highest BCUT2D eigenvalue weighted by Crippen LogP contribution is 2.21. The first kappa shape index (κ1) is 22.2. The van der Waals surface area contributed by atoms with Crippen molar-refractivity contribution in [3.8, 4) is 0 Å². The molecule has 2 aromatic carbocycles. The van der Waals surface area contributed by atoms with Crippen LogP contribution in [0.5, 0.6) is 0 Å². The first-order chi connectivity index (χ1) is 12.8. The standard InChI is InChI=1S/C20H25N3O3S.ClH/c1-15(2)16-5-9-19(10-6-16)27(25,26)23-13-11-22(12-14-23)20(24)17-3-7-18(21)8-4-17;/h3-10,15H,11-14,21H2,1-2H3;1H. The largest absolute Gasteiger partial charge is 0.399 e. The fraction of sp³-hybridized carbons (Fsp3) is 0.350. The third kappa shape index (κ3) is 4.66. The van der Waals surface area contributed by atoms with Crippen molar-refractivity contribution in [2.75, 3.05) is 31.9 Å². The number of anilines is 1. The van der Waals surface area contributed by atoms with Crippen LogP contribution in [-0.4, -0.2) is 49.7 Å². The number of nitrogens with zero attached hydrogens (tertiary/aromatic N) is 2. The van der Waals surface area contributed by atoms with Crippen molar-refractivity contribution in [3.05, 3.63) is 59.7 Å². The minimum Gasteiger partial charge on any atom is -0.399 e. The second-order valence-corrected chi connectivity index (χ2v) is 8.98. The van der Waals surface area contributed by atoms with Crippen LogP contribution in [-0.2, 0) is 10.0 Å². The zero-order valence-corrected chi connectivity index (χ0v) is 17.7. The lowest BCUT2D eigenvalue weighted by Gasteiger charge is -2.34. The van der Waals surface area contributed by atoms with Crippen LogP contribution >= 0.6 is 12.4 Å². The summed E-state index contributed by atoms with van der Waals surface area (Å²) in [5.74, 6) is 0.248. The number of carbonyl (C=O) groups excluding carboxylic acids is 1. The summed E-state index contributed by atoms with van der Waals surface area (Å²) in [6.07, 6.45) is 0. The monoisotopic (exact) mass is 423 g/mol. The SMILES string of the molecule is CC(C)c1ccc(S(=O)(=O)N2CCN(C(=O)c3ccc(N)cc3)CC2)cc1.Cl. The zero-order chi connectivity index (χ0) is 19.6. The topological polar surface area (TPSA) is 83.7 Å². The Labute approximate surface area is 172 Å². The predicted octanol–water partition coefficient (Wildman–Crippen LogP) is 2.96. The van der Waals surface area contributed by atoms with Crippen molar-refractivity contribution in [1.29, 1.82) is 0 Å². The van der Waals surface area contributed by atoms with Gasteiger partial charge in [-0.2, -0.15) is 4.31 Å². The van der Waals surface area contributed by atoms with E-state index in [0.717, 1.165) is 5.56 Å². The second-order valence-electron chi connectivity index (χ2n) is 7.04. The Kier molecular flexibility index (Phi) is 7.09. The Hall–Kier alpha value is -2.09. The molecule has 0 unspecified atom stereocenters. The summed E-state index contributed by atoms with van der Waals surface area (Å²) in [5.41, 5.74) is 7.92. The normalized spacial score (nSPS) is 15.3. The van der Waals surface area contributed by atoms with Gasteiger partial charge in [0.25, 0.3) is 5.91 Å². The molecule has 6 nitrogen and oxygen atoms in total. The number of piperazine rings is 1. The van der Waals surface area contributed by atoms with E-state index in [-0.39, 0.29) is 31.4 Å². The maximum atomic E-state index is 12.9. The molecule has 2 N–H and O–H groups in total. The zero-order valence-electron chi connectivity index (χ0n) is 16.0. The van der Waals surface area contributed by atoms with Gasteiger partial charge in [0.15, 0.2) is 0 Å². The molecule has 0 saturated carbocycles. The van der Waals surface area contributed by atoms with Gasteiger partial charge in [-0.25, -0.2) is 8.42 Å². The first-order valence-corrected chi connectivity index (χ1v) is 10.5. The number of nitrogens with two attached hydrogens (primary N) is 1. The Bertz CT molecular complexity index is 905. The molecule has 0 radical (unpaired) electrons. The highest BCUT2D eigenvalue weighted by atomic mass is 35.5. The summed E-state index contributed by atoms with van der Waals surface area (Å²) in [5, 5.41) is 0. The second kappa shape index (κ2) is 8.94. The van der Waals surface area contributed by atoms with Gasteiger partial charge in [-0.05, 0) is 47.9 Å². The number of hydrogen-bond acceptors (Lipinski definition) is 4. The van der Waals surface area contributed by atoms with Crippen LogP contribution in [0.1, 0.15) is 35.7 Å². The number of nitrogen functional groups attached to an aromatic ring is 1. The Balaban J connectivity index is 0.00000280. The van der Waals surface area contributed by atoms with Crippen LogP contribution in [0.25, 0.3) is 0 Å². The van der Waals surface area contributed by atoms with Crippen molar-refractivity contribution in [1.82, 2.24) is 9.21 Å². The molecule has 8 heteroatoms. The average Bonchev–Trinajstić information content (AvgIpc) is 2.68. The predicted molar refractivity (Wildman–Crippen MR) is 113 cm³/mol. The summed E-state index contributed by atoms with van der Waals surface area (Å²) < 4.78 is 27.2. The average molecular weight is 424 g/mol. The molecule has 1 heterocycles. The molecule has 0 bridgehead atoms. The number of carbonyl (C=O) groups is 1. The van der Waals surface area contributed by atoms with E-state index >= 15 is 0 Å². The van der Waals surface area contributed by atoms with E-state index < -0.39 is 10.0 Å². The maximum Gasteiger partial charge on any atom is 0.253 e. The summed E-state index contributed by atoms with van der Waals surface area (Å²) in [4.78, 5) is 14.5. The smallest absolute Gasteiger partial charge is 0.253 e. The quantitative estimate of drug-likeness (QED) is 0.766. The molecule has 1 aliphatic rings. The molecular formula is C20H26ClN3O3S. The van der Waals surface area contributed by atoms with Gasteiger partial charge in [0, 0.05) is 37.4 Å². The lowest BCUT2D eigenvalue weighted by atomic mass is 10.0. The fourth-order valence-corrected chi connectivity index (χ4v) is 4.54. The Morgan fingerprint density at radius 1 is 0.929 bits per heavy atom. The molecule has 0 spiro atoms. The lowest BCUT2D eigenvalue weighted by Crippen LogP contribution is -2.50. The number of rotatable bonds is 4. The summed E-state index contributed by atoms with van der Waals surface area (Å²) in [6, 6.07) is 13.8. The van der Waals surface area contributed by atoms with E-state index in [1.807, 2.05) is 12.1 Å². The molecule has 1 amide bonds. The number of halogens is 1. The maximum absolute atomic E-state index is 12.9. The molecular weight excluding hydrogens is 398 g/mol. The van der Waals surface area contributed by atoms with Crippen molar-refractivity contribution in [3.63, 3.8) is 0 Å². The third-order valence-corrected chi connectivity index (χ3v) is 6.78. The fourth-order valence-electron chi connectivity index (χ4n) is 3.11. The van der Waals surface area contributed by atoms with E-state index in [1.54, 1.807) is 41.3 Å². The van der Waals surface area contributed by atoms with Crippen LogP contribution in [0.15, 0.2) is 53.4 Å². The molecule has 1 fully saturated rings. The molecule has 152 valence electrons. The van der Waals surface area contributed by atoms with Gasteiger partial charge < -0.3 is 10.6 Å². The van der Waals surface area contributed by atoms with Gasteiger partial charge in [-0.3, -0.25) is 4.79 Å². The van der Waals surface area contributed by atoms with E-state index in [9.17, 15) is 13.2 Å². The summed E-state index contributed by atoms with van der Waals surface area (Å²) in [7, 11) is -3.55. The Morgan fingerprint density at radius 2 is 1.46 bits per heavy atom. The molecule has 0 aliphatic carbocycles. The summed E-state index contributed by atoms with van der Waals surface area (Å²) >= 11 is 0. The van der Waals surface area contributed by atoms with Crippen molar-refractivity contribution in [2.45, 2.75) is 24.7 Å².